The van der Waals surface area contributed by atoms with Gasteiger partial charge in [-0.25, -0.2) is 4.98 Å². The Bertz CT molecular complexity index is 503. The molecule has 0 fully saturated rings. The van der Waals surface area contributed by atoms with Crippen LogP contribution in [0.4, 0.5) is 5.00 Å². The van der Waals surface area contributed by atoms with E-state index in [9.17, 15) is 0 Å². The van der Waals surface area contributed by atoms with Crippen molar-refractivity contribution in [3.63, 3.8) is 0 Å². The average molecular weight is 301 g/mol. The highest BCUT2D eigenvalue weighted by atomic mass is 35.5. The molecule has 18 heavy (non-hydrogen) atoms. The molecule has 0 radical (unpaired) electrons. The molecule has 4 nitrogen and oxygen atoms in total. The van der Waals surface area contributed by atoms with E-state index < -0.39 is 0 Å². The molecule has 0 amide bonds. The highest BCUT2D eigenvalue weighted by molar-refractivity contribution is 7.98. The summed E-state index contributed by atoms with van der Waals surface area (Å²) in [6, 6.07) is 3.66. The highest BCUT2D eigenvalue weighted by Crippen LogP contribution is 2.29. The molecule has 2 rings (SSSR count). The van der Waals surface area contributed by atoms with Crippen LogP contribution in [0, 0.1) is 0 Å². The summed E-state index contributed by atoms with van der Waals surface area (Å²) < 4.78 is 3.97. The minimum atomic E-state index is 0.675. The van der Waals surface area contributed by atoms with Crippen LogP contribution in [0.15, 0.2) is 23.4 Å². The van der Waals surface area contributed by atoms with Crippen LogP contribution in [-0.4, -0.2) is 21.1 Å². The van der Waals surface area contributed by atoms with Crippen molar-refractivity contribution in [2.75, 3.05) is 11.9 Å². The van der Waals surface area contributed by atoms with Gasteiger partial charge in [-0.3, -0.25) is 0 Å². The standard InChI is InChI=1S/C11H13ClN4S2/c1-2-5-13-11-9(15-16-18-11)7-17-10-8(12)4-3-6-14-10/h3-4,6,13H,2,5,7H2,1H3. The van der Waals surface area contributed by atoms with Gasteiger partial charge in [0.05, 0.1) is 5.02 Å². The van der Waals surface area contributed by atoms with Gasteiger partial charge in [-0.15, -0.1) is 5.10 Å². The second-order valence-electron chi connectivity index (χ2n) is 3.55. The molecule has 1 N–H and O–H groups in total. The van der Waals surface area contributed by atoms with Gasteiger partial charge in [0.15, 0.2) is 0 Å². The van der Waals surface area contributed by atoms with E-state index in [1.807, 2.05) is 12.1 Å². The average Bonchev–Trinajstić information content (AvgIpc) is 2.83. The van der Waals surface area contributed by atoms with Crippen LogP contribution in [0.3, 0.4) is 0 Å². The van der Waals surface area contributed by atoms with Gasteiger partial charge in [0.25, 0.3) is 0 Å². The molecule has 0 atom stereocenters. The lowest BCUT2D eigenvalue weighted by atomic mass is 10.4. The molecule has 0 aliphatic heterocycles. The Morgan fingerprint density at radius 1 is 1.50 bits per heavy atom. The zero-order chi connectivity index (χ0) is 12.8. The van der Waals surface area contributed by atoms with E-state index in [0.717, 1.165) is 34.4 Å². The molecule has 0 aliphatic rings. The molecule has 0 aromatic carbocycles. The van der Waals surface area contributed by atoms with Crippen LogP contribution in [0.2, 0.25) is 5.02 Å². The van der Waals surface area contributed by atoms with E-state index in [1.54, 1.807) is 18.0 Å². The predicted octanol–water partition coefficient (Wildman–Crippen LogP) is 3.70. The minimum Gasteiger partial charge on any atom is -0.374 e. The van der Waals surface area contributed by atoms with Gasteiger partial charge < -0.3 is 5.32 Å². The van der Waals surface area contributed by atoms with Crippen LogP contribution in [0.5, 0.6) is 0 Å². The molecule has 0 saturated heterocycles. The van der Waals surface area contributed by atoms with Crippen molar-refractivity contribution in [1.29, 1.82) is 0 Å². The smallest absolute Gasteiger partial charge is 0.134 e. The number of halogens is 1. The van der Waals surface area contributed by atoms with Gasteiger partial charge in [-0.2, -0.15) is 0 Å². The first-order chi connectivity index (χ1) is 8.81. The van der Waals surface area contributed by atoms with E-state index >= 15 is 0 Å². The fourth-order valence-corrected chi connectivity index (χ4v) is 3.09. The topological polar surface area (TPSA) is 50.7 Å². The third-order valence-corrected chi connectivity index (χ3v) is 4.32. The summed E-state index contributed by atoms with van der Waals surface area (Å²) in [6.07, 6.45) is 2.82. The maximum Gasteiger partial charge on any atom is 0.134 e. The first kappa shape index (κ1) is 13.6. The maximum absolute atomic E-state index is 6.06. The zero-order valence-electron chi connectivity index (χ0n) is 9.89. The number of pyridine rings is 1. The molecule has 2 aromatic rings. The number of rotatable bonds is 6. The Hall–Kier alpha value is -0.850. The Balaban J connectivity index is 1.98. The summed E-state index contributed by atoms with van der Waals surface area (Å²) in [5.74, 6) is 0.722. The molecule has 0 aliphatic carbocycles. The number of aromatic nitrogens is 3. The van der Waals surface area contributed by atoms with Crippen molar-refractivity contribution in [2.24, 2.45) is 0 Å². The molecule has 0 spiro atoms. The number of hydrogen-bond donors (Lipinski definition) is 1. The summed E-state index contributed by atoms with van der Waals surface area (Å²) in [6.45, 7) is 3.06. The number of hydrogen-bond acceptors (Lipinski definition) is 6. The second kappa shape index (κ2) is 6.92. The number of nitrogens with one attached hydrogen (secondary N) is 1. The molecule has 0 saturated carbocycles. The third-order valence-electron chi connectivity index (χ3n) is 2.16. The van der Waals surface area contributed by atoms with Crippen molar-refractivity contribution in [1.82, 2.24) is 14.6 Å². The lowest BCUT2D eigenvalue weighted by Crippen LogP contribution is -2.00. The molecule has 0 unspecified atom stereocenters. The quantitative estimate of drug-likeness (QED) is 0.824. The van der Waals surface area contributed by atoms with Crippen LogP contribution >= 0.6 is 34.9 Å². The van der Waals surface area contributed by atoms with Crippen molar-refractivity contribution in [3.05, 3.63) is 29.0 Å². The Kier molecular flexibility index (Phi) is 5.22. The van der Waals surface area contributed by atoms with E-state index in [4.69, 9.17) is 11.6 Å². The molecule has 2 heterocycles. The predicted molar refractivity (Wildman–Crippen MR) is 77.5 cm³/mol. The maximum atomic E-state index is 6.06. The van der Waals surface area contributed by atoms with E-state index in [2.05, 4.69) is 26.8 Å². The fraction of sp³-hybridized carbons (Fsp3) is 0.364. The zero-order valence-corrected chi connectivity index (χ0v) is 12.3. The Morgan fingerprint density at radius 3 is 3.17 bits per heavy atom. The number of anilines is 1. The molecule has 0 bridgehead atoms. The van der Waals surface area contributed by atoms with Gasteiger partial charge in [0.1, 0.15) is 15.7 Å². The first-order valence-electron chi connectivity index (χ1n) is 5.59. The normalized spacial score (nSPS) is 10.6. The van der Waals surface area contributed by atoms with Crippen LogP contribution in [-0.2, 0) is 5.75 Å². The summed E-state index contributed by atoms with van der Waals surface area (Å²) in [4.78, 5) is 4.24. The van der Waals surface area contributed by atoms with Gasteiger partial charge >= 0.3 is 0 Å². The summed E-state index contributed by atoms with van der Waals surface area (Å²) in [5, 5.41) is 9.99. The lowest BCUT2D eigenvalue weighted by molar-refractivity contribution is 0.976. The third kappa shape index (κ3) is 3.57. The Morgan fingerprint density at radius 2 is 2.39 bits per heavy atom. The van der Waals surface area contributed by atoms with Gasteiger partial charge in [-0.05, 0) is 18.6 Å². The van der Waals surface area contributed by atoms with Crippen LogP contribution in [0.1, 0.15) is 19.0 Å². The molecular formula is C11H13ClN4S2. The largest absolute Gasteiger partial charge is 0.374 e. The first-order valence-corrected chi connectivity index (χ1v) is 7.73. The van der Waals surface area contributed by atoms with Crippen molar-refractivity contribution in [2.45, 2.75) is 24.1 Å². The van der Waals surface area contributed by atoms with Gasteiger partial charge in [-0.1, -0.05) is 34.8 Å². The fourth-order valence-electron chi connectivity index (χ4n) is 1.29. The molecular weight excluding hydrogens is 288 g/mol. The van der Waals surface area contributed by atoms with Crippen molar-refractivity contribution in [3.8, 4) is 0 Å². The second-order valence-corrected chi connectivity index (χ2v) is 5.68. The molecule has 2 aromatic heterocycles. The Labute approximate surface area is 119 Å². The van der Waals surface area contributed by atoms with Crippen LogP contribution in [0.25, 0.3) is 0 Å². The number of nitrogens with zero attached hydrogens (tertiary/aromatic N) is 3. The van der Waals surface area contributed by atoms with E-state index in [-0.39, 0.29) is 0 Å². The summed E-state index contributed by atoms with van der Waals surface area (Å²) in [7, 11) is 0. The SMILES string of the molecule is CCCNc1snnc1CSc1ncccc1Cl. The summed E-state index contributed by atoms with van der Waals surface area (Å²) >= 11 is 9.02. The van der Waals surface area contributed by atoms with E-state index in [0.29, 0.717) is 5.02 Å². The monoisotopic (exact) mass is 300 g/mol. The van der Waals surface area contributed by atoms with E-state index in [1.165, 1.54) is 11.5 Å². The van der Waals surface area contributed by atoms with Gasteiger partial charge in [0.2, 0.25) is 0 Å². The van der Waals surface area contributed by atoms with Crippen LogP contribution < -0.4 is 5.32 Å². The lowest BCUT2D eigenvalue weighted by Gasteiger charge is -2.04. The van der Waals surface area contributed by atoms with Crippen molar-refractivity contribution < 1.29 is 0 Å². The molecule has 96 valence electrons. The molecule has 7 heteroatoms. The minimum absolute atomic E-state index is 0.675. The van der Waals surface area contributed by atoms with Crippen molar-refractivity contribution >= 4 is 39.9 Å². The number of thioether (sulfide) groups is 1. The van der Waals surface area contributed by atoms with Gasteiger partial charge in [0, 0.05) is 30.0 Å². The highest BCUT2D eigenvalue weighted by Gasteiger charge is 2.09. The summed E-state index contributed by atoms with van der Waals surface area (Å²) in [5.41, 5.74) is 0.958.